The van der Waals surface area contributed by atoms with E-state index in [4.69, 9.17) is 81.8 Å². The average molecular weight is 1640 g/mol. The third-order valence-electron chi connectivity index (χ3n) is 23.5. The molecule has 3 heterocycles. The fraction of sp³-hybridized carbons (Fsp3) is 0.611. The number of nitrogens with zero attached hydrogens (tertiary/aromatic N) is 4. The SMILES string of the molecule is CC(=O)C1CC(CC(=O)O)C1(C)C.CC(=O)C1CC(CC(=O)OC(C)(C)C)C1(C)C.CC(C)(C)O.CC(C)(C)OC(=O)CC1CC(C(=O)CC(=O)c2cccnc2)C1(C)C.CC(C)(C)OC(=O)CC1CC(c2cc(-c3cccnc3)nn2-c2ccc(Cl)c(Cl)c2)C1(C)C.CC1=CCC2CC1C2(C)C.NNc1ccc(Cl)c(Cl)c1. The summed E-state index contributed by atoms with van der Waals surface area (Å²) >= 11 is 23.8. The van der Waals surface area contributed by atoms with Gasteiger partial charge in [0.25, 0.3) is 0 Å². The van der Waals surface area contributed by atoms with Crippen LogP contribution < -0.4 is 11.3 Å². The molecule has 10 atom stereocenters. The average Bonchev–Trinajstić information content (AvgIpc) is 1.68. The first-order chi connectivity index (χ1) is 51.7. The van der Waals surface area contributed by atoms with Crippen molar-refractivity contribution in [1.82, 2.24) is 19.7 Å². The Hall–Kier alpha value is -6.87. The molecule has 0 amide bonds. The van der Waals surface area contributed by atoms with Crippen LogP contribution in [0.4, 0.5) is 5.69 Å². The largest absolute Gasteiger partial charge is 0.481 e. The number of rotatable bonds is 18. The molecule has 5 saturated carbocycles. The number of hydrogen-bond acceptors (Lipinski definition) is 17. The number of allylic oxidation sites excluding steroid dienone is 2. The number of anilines is 1. The Morgan fingerprint density at radius 1 is 0.540 bits per heavy atom. The number of halogens is 4. The lowest BCUT2D eigenvalue weighted by molar-refractivity contribution is -0.163. The van der Waals surface area contributed by atoms with Gasteiger partial charge in [-0.2, -0.15) is 5.10 Å². The maximum Gasteiger partial charge on any atom is 0.306 e. The lowest BCUT2D eigenvalue weighted by Gasteiger charge is -2.56. The van der Waals surface area contributed by atoms with E-state index < -0.39 is 28.4 Å². The summed E-state index contributed by atoms with van der Waals surface area (Å²) in [5.74, 6) is 6.87. The summed E-state index contributed by atoms with van der Waals surface area (Å²) < 4.78 is 18.2. The number of Topliss-reactive ketones (excluding diaryl/α,β-unsaturated/α-hetero) is 4. The van der Waals surface area contributed by atoms with Crippen LogP contribution >= 0.6 is 46.4 Å². The van der Waals surface area contributed by atoms with Crippen molar-refractivity contribution >= 4 is 99.1 Å². The number of nitrogen functional groups attached to an aromatic ring is 1. The van der Waals surface area contributed by atoms with Gasteiger partial charge < -0.3 is 29.8 Å². The van der Waals surface area contributed by atoms with E-state index in [2.05, 4.69) is 76.0 Å². The van der Waals surface area contributed by atoms with Gasteiger partial charge in [0.05, 0.1) is 49.2 Å². The van der Waals surface area contributed by atoms with Crippen LogP contribution in [-0.4, -0.2) is 99.4 Å². The highest BCUT2D eigenvalue weighted by molar-refractivity contribution is 6.42. The number of carboxylic acid groups (broad SMARTS) is 1. The topological polar surface area (TPSA) is 286 Å². The maximum absolute atomic E-state index is 12.5. The van der Waals surface area contributed by atoms with Crippen LogP contribution in [0.2, 0.25) is 20.1 Å². The number of carboxylic acids is 1. The standard InChI is InChI=1S/C26H29Cl2N3O2.C20H27NO4.C14H24O3.C10H16O3.C10H16.C6H6Cl2N2.C4H10O/c1-25(2,3)33-24(32)12-17-11-19(26(17,4)5)23-14-22(16-7-6-10-29-15-16)30-31(23)18-8-9-20(27)21(28)13-18;1-19(2,3)25-18(24)10-14-9-15(20(14,4)5)17(23)11-16(22)13-7-6-8-21-12-13;1-9(15)11-7-10(14(11,5)6)8-12(16)17-13(2,3)4;1-6(11)8-4-7(5-9(12)13)10(8,2)3;1-7-4-5-8-6-9(7)10(8,2)3;7-5-2-1-4(10-9)3-6(5)8;1-4(2,3)5/h6-10,13-15,17,19H,11-12H2,1-5H3;6-8,12,14-15H,9-11H2,1-5H3;10-11H,7-8H2,1-6H3;7-8H,4-5H2,1-3H3,(H,12,13);4,8-9H,5-6H2,1-3H3;1-3,10H,9H2;5H,1-3H3. The molecule has 19 nitrogen and oxygen atoms in total. The number of esters is 3. The van der Waals surface area contributed by atoms with E-state index in [9.17, 15) is 38.4 Å². The molecular formula is C90H128Cl4N6O13. The van der Waals surface area contributed by atoms with Crippen LogP contribution in [0.25, 0.3) is 16.9 Å². The molecule has 0 saturated heterocycles. The number of nitrogens with two attached hydrogens (primary N) is 1. The fourth-order valence-corrected chi connectivity index (χ4v) is 16.7. The van der Waals surface area contributed by atoms with Crippen molar-refractivity contribution in [3.05, 3.63) is 135 Å². The lowest BCUT2D eigenvalue weighted by Crippen LogP contribution is -2.50. The Morgan fingerprint density at radius 2 is 0.973 bits per heavy atom. The van der Waals surface area contributed by atoms with Gasteiger partial charge in [0.1, 0.15) is 34.2 Å². The lowest BCUT2D eigenvalue weighted by atomic mass is 9.49. The molecule has 2 aromatic carbocycles. The third kappa shape index (κ3) is 27.6. The first-order valence-electron chi connectivity index (χ1n) is 39.3. The number of carbonyl (C=O) groups excluding carboxylic acids is 7. The molecule has 2 bridgehead atoms. The molecule has 7 aliphatic rings. The highest BCUT2D eigenvalue weighted by Gasteiger charge is 2.55. The van der Waals surface area contributed by atoms with Gasteiger partial charge in [0, 0.05) is 91.0 Å². The molecule has 23 heteroatoms. The predicted octanol–water partition coefficient (Wildman–Crippen LogP) is 21.5. The van der Waals surface area contributed by atoms with E-state index in [0.717, 1.165) is 59.4 Å². The number of ether oxygens (including phenoxy) is 3. The van der Waals surface area contributed by atoms with Gasteiger partial charge in [-0.15, -0.1) is 0 Å². The molecule has 7 aliphatic carbocycles. The number of aromatic nitrogens is 4. The van der Waals surface area contributed by atoms with E-state index in [1.807, 2.05) is 125 Å². The Balaban J connectivity index is 0.000000252. The molecule has 5 N–H and O–H groups in total. The maximum atomic E-state index is 12.5. The summed E-state index contributed by atoms with van der Waals surface area (Å²) in [6, 6.07) is 20.0. The quantitative estimate of drug-likeness (QED) is 0.0121. The minimum absolute atomic E-state index is 0.0562. The summed E-state index contributed by atoms with van der Waals surface area (Å²) in [6.07, 6.45) is 16.2. The van der Waals surface area contributed by atoms with E-state index in [-0.39, 0.29) is 123 Å². The van der Waals surface area contributed by atoms with Gasteiger partial charge in [-0.05, 0) is 272 Å². The molecule has 5 aromatic rings. The molecule has 3 aromatic heterocycles. The van der Waals surface area contributed by atoms with Crippen LogP contribution in [0.1, 0.15) is 266 Å². The van der Waals surface area contributed by atoms with Crippen LogP contribution in [0.15, 0.2) is 103 Å². The van der Waals surface area contributed by atoms with Crippen molar-refractivity contribution in [3.8, 4) is 16.9 Å². The first-order valence-corrected chi connectivity index (χ1v) is 40.8. The zero-order chi connectivity index (χ0) is 85.9. The fourth-order valence-electron chi connectivity index (χ4n) is 16.1. The summed E-state index contributed by atoms with van der Waals surface area (Å²) in [6.45, 7) is 48.9. The Bertz CT molecular complexity index is 4150. The van der Waals surface area contributed by atoms with Crippen LogP contribution in [0.3, 0.4) is 0 Å². The van der Waals surface area contributed by atoms with Crippen molar-refractivity contribution in [2.75, 3.05) is 5.43 Å². The van der Waals surface area contributed by atoms with Gasteiger partial charge in [0.15, 0.2) is 5.78 Å². The highest BCUT2D eigenvalue weighted by atomic mass is 35.5. The van der Waals surface area contributed by atoms with E-state index in [1.165, 1.54) is 19.0 Å². The van der Waals surface area contributed by atoms with E-state index in [0.29, 0.717) is 56.8 Å². The van der Waals surface area contributed by atoms with Crippen molar-refractivity contribution in [2.24, 2.45) is 86.2 Å². The summed E-state index contributed by atoms with van der Waals surface area (Å²) in [7, 11) is 0. The predicted molar refractivity (Wildman–Crippen MR) is 451 cm³/mol. The normalized spacial score (nSPS) is 23.3. The Labute approximate surface area is 692 Å². The minimum Gasteiger partial charge on any atom is -0.481 e. The van der Waals surface area contributed by atoms with Crippen LogP contribution in [0.5, 0.6) is 0 Å². The number of carbonyl (C=O) groups is 8. The second-order valence-electron chi connectivity index (χ2n) is 38.4. The first kappa shape index (κ1) is 96.7. The number of nitrogens with one attached hydrogen (secondary N) is 1. The molecular weight excluding hydrogens is 1510 g/mol. The van der Waals surface area contributed by atoms with Crippen molar-refractivity contribution in [1.29, 1.82) is 0 Å². The molecule has 0 aliphatic heterocycles. The minimum atomic E-state index is -0.764. The summed E-state index contributed by atoms with van der Waals surface area (Å²) in [5, 5.41) is 24.1. The number of fused-ring (bicyclic) bond motifs is 1. The Kier molecular flexibility index (Phi) is 33.3. The number of hydrogen-bond donors (Lipinski definition) is 4. The number of aliphatic hydroxyl groups is 1. The Morgan fingerprint density at radius 3 is 1.33 bits per heavy atom. The van der Waals surface area contributed by atoms with Crippen LogP contribution in [0, 0.1) is 80.3 Å². The molecule has 0 spiro atoms. The zero-order valence-electron chi connectivity index (χ0n) is 71.6. The smallest absolute Gasteiger partial charge is 0.306 e. The van der Waals surface area contributed by atoms with E-state index in [1.54, 1.807) is 89.0 Å². The van der Waals surface area contributed by atoms with Gasteiger partial charge >= 0.3 is 23.9 Å². The van der Waals surface area contributed by atoms with Crippen molar-refractivity contribution in [2.45, 2.75) is 272 Å². The van der Waals surface area contributed by atoms with Gasteiger partial charge in [-0.1, -0.05) is 127 Å². The summed E-state index contributed by atoms with van der Waals surface area (Å²) in [4.78, 5) is 102. The molecule has 10 unspecified atom stereocenters. The summed E-state index contributed by atoms with van der Waals surface area (Å²) in [5.41, 5.74) is 7.16. The van der Waals surface area contributed by atoms with Crippen LogP contribution in [-0.2, 0) is 47.8 Å². The number of ketones is 4. The monoisotopic (exact) mass is 1640 g/mol. The molecule has 0 radical (unpaired) electrons. The van der Waals surface area contributed by atoms with E-state index >= 15 is 0 Å². The van der Waals surface area contributed by atoms with Crippen molar-refractivity contribution in [3.63, 3.8) is 0 Å². The van der Waals surface area contributed by atoms with Gasteiger partial charge in [0.2, 0.25) is 0 Å². The third-order valence-corrected chi connectivity index (χ3v) is 25.0. The van der Waals surface area contributed by atoms with Gasteiger partial charge in [-0.25, -0.2) is 4.68 Å². The molecule has 12 rings (SSSR count). The highest BCUT2D eigenvalue weighted by Crippen LogP contribution is 2.61. The second kappa shape index (κ2) is 38.9. The van der Waals surface area contributed by atoms with Gasteiger partial charge in [-0.3, -0.25) is 54.2 Å². The number of benzene rings is 2. The molecule has 5 fully saturated rings. The molecule has 113 heavy (non-hydrogen) atoms. The number of pyridine rings is 2. The zero-order valence-corrected chi connectivity index (χ0v) is 74.6. The number of aliphatic carboxylic acids is 1. The van der Waals surface area contributed by atoms with Crippen molar-refractivity contribution < 1.29 is 62.8 Å². The second-order valence-corrected chi connectivity index (χ2v) is 40.0. The number of hydrazine groups is 1. The molecule has 624 valence electrons.